The van der Waals surface area contributed by atoms with Gasteiger partial charge in [-0.15, -0.1) is 0 Å². The predicted molar refractivity (Wildman–Crippen MR) is 78.8 cm³/mol. The number of para-hydroxylation sites is 2. The van der Waals surface area contributed by atoms with Crippen LogP contribution in [-0.2, 0) is 16.1 Å². The van der Waals surface area contributed by atoms with Gasteiger partial charge in [-0.25, -0.2) is 4.98 Å². The fourth-order valence-electron chi connectivity index (χ4n) is 2.24. The topological polar surface area (TPSA) is 84.2 Å². The molecule has 2 rings (SSSR count). The summed E-state index contributed by atoms with van der Waals surface area (Å²) in [4.78, 5) is 26.7. The molecule has 0 fully saturated rings. The summed E-state index contributed by atoms with van der Waals surface area (Å²) in [6.07, 6.45) is 3.00. The van der Waals surface area contributed by atoms with E-state index in [-0.39, 0.29) is 24.9 Å². The summed E-state index contributed by atoms with van der Waals surface area (Å²) < 4.78 is 1.80. The second-order valence-corrected chi connectivity index (χ2v) is 5.12. The van der Waals surface area contributed by atoms with E-state index in [1.165, 1.54) is 0 Å². The number of carboxylic acid groups (broad SMARTS) is 1. The number of benzene rings is 1. The van der Waals surface area contributed by atoms with Crippen molar-refractivity contribution < 1.29 is 14.7 Å². The molecule has 2 N–H and O–H groups in total. The maximum absolute atomic E-state index is 12.0. The fraction of sp³-hybridized carbons (Fsp3) is 0.400. The van der Waals surface area contributed by atoms with Gasteiger partial charge in [0.25, 0.3) is 0 Å². The van der Waals surface area contributed by atoms with Crippen molar-refractivity contribution in [1.82, 2.24) is 14.9 Å². The molecule has 6 heteroatoms. The van der Waals surface area contributed by atoms with E-state index in [4.69, 9.17) is 5.11 Å². The van der Waals surface area contributed by atoms with E-state index in [2.05, 4.69) is 10.3 Å². The number of aliphatic carboxylic acids is 1. The Morgan fingerprint density at radius 3 is 2.90 bits per heavy atom. The van der Waals surface area contributed by atoms with E-state index in [1.807, 2.05) is 31.2 Å². The third-order valence-corrected chi connectivity index (χ3v) is 3.28. The fourth-order valence-corrected chi connectivity index (χ4v) is 2.24. The number of fused-ring (bicyclic) bond motifs is 1. The Labute approximate surface area is 122 Å². The lowest BCUT2D eigenvalue weighted by molar-refractivity contribution is -0.137. The number of hydrogen-bond acceptors (Lipinski definition) is 3. The summed E-state index contributed by atoms with van der Waals surface area (Å²) in [5.41, 5.74) is 1.78. The number of amides is 1. The highest BCUT2D eigenvalue weighted by molar-refractivity contribution is 5.80. The first-order valence-corrected chi connectivity index (χ1v) is 6.97. The van der Waals surface area contributed by atoms with Gasteiger partial charge in [0.15, 0.2) is 0 Å². The van der Waals surface area contributed by atoms with Crippen molar-refractivity contribution in [2.75, 3.05) is 0 Å². The molecule has 0 aliphatic rings. The van der Waals surface area contributed by atoms with Crippen LogP contribution in [0.15, 0.2) is 30.6 Å². The van der Waals surface area contributed by atoms with E-state index in [9.17, 15) is 9.59 Å². The van der Waals surface area contributed by atoms with Crippen LogP contribution in [0.25, 0.3) is 11.0 Å². The molecule has 6 nitrogen and oxygen atoms in total. The highest BCUT2D eigenvalue weighted by Crippen LogP contribution is 2.11. The largest absolute Gasteiger partial charge is 0.481 e. The van der Waals surface area contributed by atoms with Gasteiger partial charge in [-0.3, -0.25) is 9.59 Å². The minimum absolute atomic E-state index is 0.0355. The van der Waals surface area contributed by atoms with Crippen molar-refractivity contribution in [1.29, 1.82) is 0 Å². The van der Waals surface area contributed by atoms with Crippen molar-refractivity contribution in [3.05, 3.63) is 30.6 Å². The molecular weight excluding hydrogens is 270 g/mol. The Morgan fingerprint density at radius 2 is 2.14 bits per heavy atom. The molecule has 0 spiro atoms. The van der Waals surface area contributed by atoms with Crippen LogP contribution in [0.1, 0.15) is 26.2 Å². The number of carbonyl (C=O) groups excluding carboxylic acids is 1. The van der Waals surface area contributed by atoms with Crippen molar-refractivity contribution in [2.45, 2.75) is 38.8 Å². The van der Waals surface area contributed by atoms with Gasteiger partial charge in [0.1, 0.15) is 6.54 Å². The van der Waals surface area contributed by atoms with Crippen LogP contribution in [0.4, 0.5) is 0 Å². The summed E-state index contributed by atoms with van der Waals surface area (Å²) in [5.74, 6) is -0.903. The van der Waals surface area contributed by atoms with E-state index in [0.29, 0.717) is 12.8 Å². The third-order valence-electron chi connectivity index (χ3n) is 3.28. The molecule has 1 aromatic carbocycles. The van der Waals surface area contributed by atoms with Gasteiger partial charge >= 0.3 is 5.97 Å². The summed E-state index contributed by atoms with van der Waals surface area (Å²) >= 11 is 0. The maximum atomic E-state index is 12.0. The number of aromatic nitrogens is 2. The number of hydrogen-bond donors (Lipinski definition) is 2. The molecule has 1 unspecified atom stereocenters. The van der Waals surface area contributed by atoms with Crippen molar-refractivity contribution in [2.24, 2.45) is 0 Å². The standard InChI is InChI=1S/C15H19N3O3/c1-11(5-4-8-15(20)21)17-14(19)9-18-10-16-12-6-2-3-7-13(12)18/h2-3,6-7,10-11H,4-5,8-9H2,1H3,(H,17,19)(H,20,21). The molecule has 0 saturated carbocycles. The van der Waals surface area contributed by atoms with Gasteiger partial charge in [0.05, 0.1) is 17.4 Å². The Morgan fingerprint density at radius 1 is 1.38 bits per heavy atom. The van der Waals surface area contributed by atoms with Crippen LogP contribution in [0.3, 0.4) is 0 Å². The molecule has 112 valence electrons. The number of rotatable bonds is 7. The van der Waals surface area contributed by atoms with E-state index in [0.717, 1.165) is 11.0 Å². The first-order valence-electron chi connectivity index (χ1n) is 6.97. The maximum Gasteiger partial charge on any atom is 0.303 e. The molecule has 0 aliphatic carbocycles. The zero-order valence-electron chi connectivity index (χ0n) is 12.0. The van der Waals surface area contributed by atoms with E-state index in [1.54, 1.807) is 10.9 Å². The minimum Gasteiger partial charge on any atom is -0.481 e. The monoisotopic (exact) mass is 289 g/mol. The quantitative estimate of drug-likeness (QED) is 0.814. The Balaban J connectivity index is 1.85. The molecule has 0 aliphatic heterocycles. The lowest BCUT2D eigenvalue weighted by atomic mass is 10.1. The molecule has 0 saturated heterocycles. The first-order chi connectivity index (χ1) is 10.1. The van der Waals surface area contributed by atoms with Crippen LogP contribution in [0.5, 0.6) is 0 Å². The molecule has 1 heterocycles. The SMILES string of the molecule is CC(CCCC(=O)O)NC(=O)Cn1cnc2ccccc21. The van der Waals surface area contributed by atoms with Crippen molar-refractivity contribution in [3.63, 3.8) is 0 Å². The van der Waals surface area contributed by atoms with E-state index >= 15 is 0 Å². The average molecular weight is 289 g/mol. The highest BCUT2D eigenvalue weighted by atomic mass is 16.4. The summed E-state index contributed by atoms with van der Waals surface area (Å²) in [6, 6.07) is 7.60. The lowest BCUT2D eigenvalue weighted by Gasteiger charge is -2.13. The van der Waals surface area contributed by atoms with Crippen LogP contribution < -0.4 is 5.32 Å². The summed E-state index contributed by atoms with van der Waals surface area (Å²) in [6.45, 7) is 2.09. The van der Waals surface area contributed by atoms with Crippen molar-refractivity contribution in [3.8, 4) is 0 Å². The van der Waals surface area contributed by atoms with Crippen LogP contribution in [-0.4, -0.2) is 32.6 Å². The molecule has 0 radical (unpaired) electrons. The second-order valence-electron chi connectivity index (χ2n) is 5.12. The predicted octanol–water partition coefficient (Wildman–Crippen LogP) is 1.80. The minimum atomic E-state index is -0.807. The zero-order chi connectivity index (χ0) is 15.2. The number of imidazole rings is 1. The number of nitrogens with one attached hydrogen (secondary N) is 1. The number of carboxylic acids is 1. The smallest absolute Gasteiger partial charge is 0.303 e. The molecule has 2 aromatic rings. The van der Waals surface area contributed by atoms with Crippen LogP contribution in [0.2, 0.25) is 0 Å². The summed E-state index contributed by atoms with van der Waals surface area (Å²) in [7, 11) is 0. The molecule has 0 bridgehead atoms. The van der Waals surface area contributed by atoms with E-state index < -0.39 is 5.97 Å². The average Bonchev–Trinajstić information content (AvgIpc) is 2.81. The highest BCUT2D eigenvalue weighted by Gasteiger charge is 2.10. The third kappa shape index (κ3) is 4.30. The van der Waals surface area contributed by atoms with Gasteiger partial charge in [-0.2, -0.15) is 0 Å². The zero-order valence-corrected chi connectivity index (χ0v) is 12.0. The summed E-state index contributed by atoms with van der Waals surface area (Å²) in [5, 5.41) is 11.5. The lowest BCUT2D eigenvalue weighted by Crippen LogP contribution is -2.35. The number of carbonyl (C=O) groups is 2. The van der Waals surface area contributed by atoms with Gasteiger partial charge in [0.2, 0.25) is 5.91 Å². The second kappa shape index (κ2) is 6.88. The number of nitrogens with zero attached hydrogens (tertiary/aromatic N) is 2. The van der Waals surface area contributed by atoms with Crippen LogP contribution in [0, 0.1) is 0 Å². The normalized spacial score (nSPS) is 12.2. The van der Waals surface area contributed by atoms with Gasteiger partial charge in [0, 0.05) is 12.5 Å². The molecular formula is C15H19N3O3. The molecule has 21 heavy (non-hydrogen) atoms. The molecule has 1 amide bonds. The Bertz CT molecular complexity index is 636. The Hall–Kier alpha value is -2.37. The van der Waals surface area contributed by atoms with Gasteiger partial charge in [-0.1, -0.05) is 12.1 Å². The van der Waals surface area contributed by atoms with Crippen molar-refractivity contribution >= 4 is 22.9 Å². The first kappa shape index (κ1) is 15.0. The molecule has 1 atom stereocenters. The molecule has 1 aromatic heterocycles. The van der Waals surface area contributed by atoms with Gasteiger partial charge in [-0.05, 0) is 31.9 Å². The van der Waals surface area contributed by atoms with Gasteiger partial charge < -0.3 is 15.0 Å². The Kier molecular flexibility index (Phi) is 4.92. The van der Waals surface area contributed by atoms with Crippen LogP contribution >= 0.6 is 0 Å².